The number of ether oxygens (including phenoxy) is 1. The fourth-order valence-corrected chi connectivity index (χ4v) is 9.52. The monoisotopic (exact) mass is 996 g/mol. The molecular weight excluding hydrogens is 875 g/mol. The lowest BCUT2D eigenvalue weighted by Gasteiger charge is -2.22. The Morgan fingerprint density at radius 1 is 0.394 bits per heavy atom. The maximum Gasteiger partial charge on any atom is 0.305 e. The van der Waals surface area contributed by atoms with Crippen LogP contribution in [0.3, 0.4) is 0 Å². The van der Waals surface area contributed by atoms with Crippen molar-refractivity contribution in [2.24, 2.45) is 0 Å². The molecule has 0 fully saturated rings. The summed E-state index contributed by atoms with van der Waals surface area (Å²) < 4.78 is 5.47. The van der Waals surface area contributed by atoms with Crippen LogP contribution < -0.4 is 5.32 Å². The Morgan fingerprint density at radius 3 is 1.10 bits per heavy atom. The van der Waals surface area contributed by atoms with Crippen LogP contribution in [0.4, 0.5) is 0 Å². The van der Waals surface area contributed by atoms with E-state index in [2.05, 4.69) is 67.8 Å². The molecule has 1 amide bonds. The normalized spacial score (nSPS) is 12.9. The predicted octanol–water partition coefficient (Wildman–Crippen LogP) is 19.7. The molecule has 2 atom stereocenters. The summed E-state index contributed by atoms with van der Waals surface area (Å²) in [5, 5.41) is 23.3. The van der Waals surface area contributed by atoms with Crippen molar-refractivity contribution in [1.82, 2.24) is 5.32 Å². The van der Waals surface area contributed by atoms with E-state index in [0.29, 0.717) is 25.9 Å². The molecule has 0 aliphatic heterocycles. The lowest BCUT2D eigenvalue weighted by molar-refractivity contribution is -0.143. The standard InChI is InChI=1S/C65H121NO5/c1-3-5-7-9-11-13-15-17-19-30-33-37-41-45-49-53-57-63(68)62(61-67)66-64(69)58-54-50-46-42-38-34-31-27-25-23-21-20-22-24-26-28-32-36-40-44-48-52-56-60-71-65(70)59-55-51-47-43-39-35-29-18-16-14-12-10-8-6-4-2/h12,14,18,20,22-23,25,29,62-63,67-68H,3-11,13,15-17,19,21,24,26-28,30-61H2,1-2H3,(H,66,69)/b14-12-,22-20-,25-23-,29-18-. The van der Waals surface area contributed by atoms with Gasteiger partial charge in [-0.05, 0) is 89.9 Å². The Balaban J connectivity index is 3.46. The summed E-state index contributed by atoms with van der Waals surface area (Å²) in [4.78, 5) is 24.5. The third-order valence-corrected chi connectivity index (χ3v) is 14.4. The first kappa shape index (κ1) is 68.8. The molecule has 0 aliphatic carbocycles. The number of carbonyl (C=O) groups is 2. The minimum atomic E-state index is -0.672. The van der Waals surface area contributed by atoms with Crippen molar-refractivity contribution in [1.29, 1.82) is 0 Å². The first-order chi connectivity index (χ1) is 35.0. The second-order valence-corrected chi connectivity index (χ2v) is 21.4. The summed E-state index contributed by atoms with van der Waals surface area (Å²) in [6.07, 6.45) is 76.9. The van der Waals surface area contributed by atoms with E-state index in [-0.39, 0.29) is 18.5 Å². The van der Waals surface area contributed by atoms with Crippen molar-refractivity contribution in [3.8, 4) is 0 Å². The van der Waals surface area contributed by atoms with Gasteiger partial charge in [-0.3, -0.25) is 9.59 Å². The van der Waals surface area contributed by atoms with Gasteiger partial charge in [-0.25, -0.2) is 0 Å². The number of amides is 1. The highest BCUT2D eigenvalue weighted by Gasteiger charge is 2.20. The van der Waals surface area contributed by atoms with Crippen LogP contribution in [-0.2, 0) is 14.3 Å². The highest BCUT2D eigenvalue weighted by atomic mass is 16.5. The van der Waals surface area contributed by atoms with Gasteiger partial charge in [-0.2, -0.15) is 0 Å². The molecule has 3 N–H and O–H groups in total. The summed E-state index contributed by atoms with van der Waals surface area (Å²) in [5.41, 5.74) is 0. The molecule has 0 radical (unpaired) electrons. The summed E-state index contributed by atoms with van der Waals surface area (Å²) in [7, 11) is 0. The maximum atomic E-state index is 12.5. The van der Waals surface area contributed by atoms with Crippen LogP contribution in [0, 0.1) is 0 Å². The Bertz CT molecular complexity index is 1190. The van der Waals surface area contributed by atoms with E-state index in [9.17, 15) is 19.8 Å². The number of rotatable bonds is 58. The van der Waals surface area contributed by atoms with E-state index in [1.807, 2.05) is 0 Å². The zero-order valence-corrected chi connectivity index (χ0v) is 47.5. The van der Waals surface area contributed by atoms with E-state index >= 15 is 0 Å². The highest BCUT2D eigenvalue weighted by molar-refractivity contribution is 5.76. The largest absolute Gasteiger partial charge is 0.466 e. The van der Waals surface area contributed by atoms with Crippen LogP contribution >= 0.6 is 0 Å². The maximum absolute atomic E-state index is 12.5. The van der Waals surface area contributed by atoms with Crippen LogP contribution in [0.1, 0.15) is 328 Å². The molecule has 0 aromatic rings. The molecule has 71 heavy (non-hydrogen) atoms. The Labute approximate surface area is 442 Å². The minimum Gasteiger partial charge on any atom is -0.466 e. The number of unbranched alkanes of at least 4 members (excludes halogenated alkanes) is 39. The lowest BCUT2D eigenvalue weighted by Crippen LogP contribution is -2.45. The summed E-state index contributed by atoms with van der Waals surface area (Å²) in [6, 6.07) is -0.550. The number of nitrogens with one attached hydrogen (secondary N) is 1. The topological polar surface area (TPSA) is 95.9 Å². The number of hydrogen-bond donors (Lipinski definition) is 3. The van der Waals surface area contributed by atoms with Gasteiger partial charge in [-0.15, -0.1) is 0 Å². The van der Waals surface area contributed by atoms with Crippen molar-refractivity contribution in [3.63, 3.8) is 0 Å². The zero-order valence-electron chi connectivity index (χ0n) is 47.5. The molecule has 0 rings (SSSR count). The van der Waals surface area contributed by atoms with Crippen molar-refractivity contribution in [2.75, 3.05) is 13.2 Å². The van der Waals surface area contributed by atoms with Crippen LogP contribution in [0.2, 0.25) is 0 Å². The Morgan fingerprint density at radius 2 is 0.704 bits per heavy atom. The SMILES string of the molecule is CCCCC/C=C\C/C=C\CCCCCCCC(=O)OCCCCCCCCCCC/C=C\C/C=C\CCCCCCCCCC(=O)NC(CO)C(O)CCCCCCCCCCCCCCCCCC. The van der Waals surface area contributed by atoms with Gasteiger partial charge in [-0.1, -0.05) is 274 Å². The molecule has 6 nitrogen and oxygen atoms in total. The molecule has 6 heteroatoms. The summed E-state index contributed by atoms with van der Waals surface area (Å²) in [6.45, 7) is 4.92. The molecular formula is C65H121NO5. The van der Waals surface area contributed by atoms with E-state index < -0.39 is 12.1 Å². The molecule has 0 aliphatic rings. The van der Waals surface area contributed by atoms with Crippen LogP contribution in [0.5, 0.6) is 0 Å². The second-order valence-electron chi connectivity index (χ2n) is 21.4. The van der Waals surface area contributed by atoms with Crippen molar-refractivity contribution < 1.29 is 24.5 Å². The van der Waals surface area contributed by atoms with Gasteiger partial charge in [0, 0.05) is 12.8 Å². The fourth-order valence-electron chi connectivity index (χ4n) is 9.52. The average Bonchev–Trinajstić information content (AvgIpc) is 3.37. The van der Waals surface area contributed by atoms with Crippen molar-refractivity contribution in [2.45, 2.75) is 341 Å². The molecule has 416 valence electrons. The smallest absolute Gasteiger partial charge is 0.305 e. The van der Waals surface area contributed by atoms with Crippen LogP contribution in [-0.4, -0.2) is 47.4 Å². The average molecular weight is 997 g/mol. The quantitative estimate of drug-likeness (QED) is 0.0321. The van der Waals surface area contributed by atoms with Gasteiger partial charge < -0.3 is 20.3 Å². The van der Waals surface area contributed by atoms with E-state index in [0.717, 1.165) is 70.6 Å². The summed E-state index contributed by atoms with van der Waals surface area (Å²) in [5.74, 6) is -0.0516. The molecule has 2 unspecified atom stereocenters. The first-order valence-corrected chi connectivity index (χ1v) is 31.4. The Kier molecular flexibility index (Phi) is 58.5. The van der Waals surface area contributed by atoms with Gasteiger partial charge in [0.2, 0.25) is 5.91 Å². The molecule has 0 heterocycles. The lowest BCUT2D eigenvalue weighted by atomic mass is 10.0. The molecule has 0 saturated carbocycles. The van der Waals surface area contributed by atoms with E-state index in [1.54, 1.807) is 0 Å². The van der Waals surface area contributed by atoms with Gasteiger partial charge in [0.15, 0.2) is 0 Å². The third kappa shape index (κ3) is 57.0. The van der Waals surface area contributed by atoms with E-state index in [1.165, 1.54) is 225 Å². The van der Waals surface area contributed by atoms with Gasteiger partial charge >= 0.3 is 5.97 Å². The van der Waals surface area contributed by atoms with Crippen molar-refractivity contribution >= 4 is 11.9 Å². The number of aliphatic hydroxyl groups is 2. The van der Waals surface area contributed by atoms with Crippen LogP contribution in [0.15, 0.2) is 48.6 Å². The second kappa shape index (κ2) is 60.4. The van der Waals surface area contributed by atoms with Gasteiger partial charge in [0.25, 0.3) is 0 Å². The molecule has 0 aromatic carbocycles. The molecule has 0 saturated heterocycles. The number of hydrogen-bond acceptors (Lipinski definition) is 5. The van der Waals surface area contributed by atoms with Crippen molar-refractivity contribution in [3.05, 3.63) is 48.6 Å². The minimum absolute atomic E-state index is 0.00714. The third-order valence-electron chi connectivity index (χ3n) is 14.4. The van der Waals surface area contributed by atoms with Gasteiger partial charge in [0.1, 0.15) is 0 Å². The highest BCUT2D eigenvalue weighted by Crippen LogP contribution is 2.17. The number of carbonyl (C=O) groups excluding carboxylic acids is 2. The number of esters is 1. The fraction of sp³-hybridized carbons (Fsp3) is 0.846. The summed E-state index contributed by atoms with van der Waals surface area (Å²) >= 11 is 0. The van der Waals surface area contributed by atoms with Crippen LogP contribution in [0.25, 0.3) is 0 Å². The molecule has 0 bridgehead atoms. The van der Waals surface area contributed by atoms with E-state index in [4.69, 9.17) is 4.74 Å². The number of allylic oxidation sites excluding steroid dienone is 8. The number of aliphatic hydroxyl groups excluding tert-OH is 2. The first-order valence-electron chi connectivity index (χ1n) is 31.4. The molecule has 0 aromatic heterocycles. The van der Waals surface area contributed by atoms with Gasteiger partial charge in [0.05, 0.1) is 25.4 Å². The molecule has 0 spiro atoms. The predicted molar refractivity (Wildman–Crippen MR) is 310 cm³/mol. The zero-order chi connectivity index (χ0) is 51.4. The Hall–Kier alpha value is -2.18.